The van der Waals surface area contributed by atoms with Gasteiger partial charge in [-0.3, -0.25) is 14.6 Å². The molecule has 0 amide bonds. The minimum Gasteiger partial charge on any atom is -0.457 e. The van der Waals surface area contributed by atoms with E-state index in [0.29, 0.717) is 23.0 Å². The van der Waals surface area contributed by atoms with E-state index < -0.39 is 5.82 Å². The first-order valence-electron chi connectivity index (χ1n) is 13.9. The Balaban J connectivity index is 1.12. The number of pyridine rings is 1. The fourth-order valence-electron chi connectivity index (χ4n) is 5.56. The average molecular weight is 571 g/mol. The number of benzene rings is 1. The van der Waals surface area contributed by atoms with Gasteiger partial charge < -0.3 is 15.0 Å². The quantitative estimate of drug-likeness (QED) is 0.283. The Morgan fingerprint density at radius 3 is 2.68 bits per heavy atom. The van der Waals surface area contributed by atoms with Gasteiger partial charge in [0.2, 0.25) is 0 Å². The molecule has 1 aliphatic heterocycles. The maximum Gasteiger partial charge on any atom is 0.150 e. The molecule has 0 bridgehead atoms. The van der Waals surface area contributed by atoms with Crippen molar-refractivity contribution in [1.29, 1.82) is 0 Å². The molecule has 7 rings (SSSR count). The summed E-state index contributed by atoms with van der Waals surface area (Å²) in [5.74, 6) is 1.21. The van der Waals surface area contributed by atoms with Crippen molar-refractivity contribution in [2.75, 3.05) is 45.1 Å². The van der Waals surface area contributed by atoms with Crippen LogP contribution in [0.2, 0.25) is 0 Å². The number of nitrogens with zero attached hydrogens (tertiary/aromatic N) is 7. The summed E-state index contributed by atoms with van der Waals surface area (Å²) in [6, 6.07) is 8.35. The normalized spacial score (nSPS) is 15.6. The van der Waals surface area contributed by atoms with Crippen LogP contribution in [0.15, 0.2) is 49.1 Å². The highest BCUT2D eigenvalue weighted by atomic mass is 32.1. The summed E-state index contributed by atoms with van der Waals surface area (Å²) in [5, 5.41) is 9.11. The van der Waals surface area contributed by atoms with Gasteiger partial charge in [0.05, 0.1) is 23.3 Å². The summed E-state index contributed by atoms with van der Waals surface area (Å²) in [7, 11) is 2.18. The minimum absolute atomic E-state index is 0.330. The summed E-state index contributed by atoms with van der Waals surface area (Å²) in [6.07, 6.45) is 7.09. The molecular formula is C30H31FN8OS. The van der Waals surface area contributed by atoms with Crippen LogP contribution in [0.25, 0.3) is 20.7 Å². The summed E-state index contributed by atoms with van der Waals surface area (Å²) in [5.41, 5.74) is 4.68. The molecular weight excluding hydrogens is 539 g/mol. The van der Waals surface area contributed by atoms with E-state index in [2.05, 4.69) is 48.0 Å². The van der Waals surface area contributed by atoms with Gasteiger partial charge in [0.1, 0.15) is 34.3 Å². The van der Waals surface area contributed by atoms with Crippen molar-refractivity contribution >= 4 is 33.1 Å². The van der Waals surface area contributed by atoms with E-state index in [9.17, 15) is 0 Å². The van der Waals surface area contributed by atoms with E-state index in [0.717, 1.165) is 73.7 Å². The molecule has 5 aromatic rings. The summed E-state index contributed by atoms with van der Waals surface area (Å²) in [6.45, 7) is 8.21. The fourth-order valence-corrected chi connectivity index (χ4v) is 6.78. The van der Waals surface area contributed by atoms with Crippen LogP contribution in [0, 0.1) is 12.7 Å². The SMILES string of the molecule is Cc1cc(Oc2ccc(Nc3ncnc4sc5c(c34)CCc3nn(CCN4CCN(C)CC4)cc3-5)c(F)c2)ccn1. The number of piperazine rings is 1. The molecule has 1 aromatic carbocycles. The monoisotopic (exact) mass is 570 g/mol. The van der Waals surface area contributed by atoms with Crippen molar-refractivity contribution in [3.05, 3.63) is 71.8 Å². The zero-order valence-corrected chi connectivity index (χ0v) is 23.9. The second-order valence-corrected chi connectivity index (χ2v) is 11.7. The summed E-state index contributed by atoms with van der Waals surface area (Å²) < 4.78 is 23.1. The Morgan fingerprint density at radius 1 is 1.00 bits per heavy atom. The van der Waals surface area contributed by atoms with Crippen molar-refractivity contribution in [3.63, 3.8) is 0 Å². The lowest BCUT2D eigenvalue weighted by Gasteiger charge is -2.32. The molecule has 1 fully saturated rings. The van der Waals surface area contributed by atoms with E-state index in [1.807, 2.05) is 13.0 Å². The van der Waals surface area contributed by atoms with Gasteiger partial charge in [0.25, 0.3) is 0 Å². The molecule has 1 saturated heterocycles. The maximum atomic E-state index is 15.2. The number of hydrogen-bond acceptors (Lipinski definition) is 9. The molecule has 41 heavy (non-hydrogen) atoms. The molecule has 4 aromatic heterocycles. The van der Waals surface area contributed by atoms with Crippen molar-refractivity contribution in [2.24, 2.45) is 0 Å². The molecule has 11 heteroatoms. The van der Waals surface area contributed by atoms with Gasteiger partial charge in [-0.2, -0.15) is 5.10 Å². The molecule has 0 radical (unpaired) electrons. The Kier molecular flexibility index (Phi) is 6.85. The molecule has 1 N–H and O–H groups in total. The molecule has 210 valence electrons. The van der Waals surface area contributed by atoms with E-state index in [4.69, 9.17) is 9.84 Å². The van der Waals surface area contributed by atoms with Gasteiger partial charge in [0.15, 0.2) is 0 Å². The molecule has 9 nitrogen and oxygen atoms in total. The number of aromatic nitrogens is 5. The molecule has 0 spiro atoms. The predicted octanol–water partition coefficient (Wildman–Crippen LogP) is 5.28. The first-order valence-corrected chi connectivity index (χ1v) is 14.7. The second kappa shape index (κ2) is 10.8. The number of likely N-dealkylation sites (N-methyl/N-ethyl adjacent to an activating group) is 1. The Hall–Kier alpha value is -3.93. The van der Waals surface area contributed by atoms with Crippen LogP contribution in [0.3, 0.4) is 0 Å². The lowest BCUT2D eigenvalue weighted by Crippen LogP contribution is -2.45. The van der Waals surface area contributed by atoms with Crippen LogP contribution < -0.4 is 10.1 Å². The molecule has 0 atom stereocenters. The van der Waals surface area contributed by atoms with Gasteiger partial charge in [0, 0.05) is 73.4 Å². The Morgan fingerprint density at radius 2 is 1.85 bits per heavy atom. The van der Waals surface area contributed by atoms with E-state index in [1.54, 1.807) is 35.7 Å². The standard InChI is InChI=1S/C30H31FN8OS/c1-19-15-21(7-8-32-19)40-20-3-5-26(24(31)16-20)35-29-27-22-4-6-25-23(28(22)41-30(27)34-18-33-29)17-39(36-25)14-13-38-11-9-37(2)10-12-38/h3,5,7-8,15-18H,4,6,9-14H2,1-2H3,(H,33,34,35). The second-order valence-electron chi connectivity index (χ2n) is 10.7. The largest absolute Gasteiger partial charge is 0.457 e. The van der Waals surface area contributed by atoms with Gasteiger partial charge in [-0.25, -0.2) is 14.4 Å². The Bertz CT molecular complexity index is 1730. The van der Waals surface area contributed by atoms with Gasteiger partial charge in [-0.15, -0.1) is 11.3 Å². The number of thiophene rings is 1. The highest BCUT2D eigenvalue weighted by Gasteiger charge is 2.27. The summed E-state index contributed by atoms with van der Waals surface area (Å²) >= 11 is 1.66. The summed E-state index contributed by atoms with van der Waals surface area (Å²) in [4.78, 5) is 20.2. The molecule has 0 saturated carbocycles. The third-order valence-electron chi connectivity index (χ3n) is 7.82. The van der Waals surface area contributed by atoms with Gasteiger partial charge >= 0.3 is 0 Å². The number of halogens is 1. The van der Waals surface area contributed by atoms with Crippen LogP contribution in [0.5, 0.6) is 11.5 Å². The van der Waals surface area contributed by atoms with Crippen LogP contribution in [0.4, 0.5) is 15.9 Å². The fraction of sp³-hybridized carbons (Fsp3) is 0.333. The van der Waals surface area contributed by atoms with Crippen LogP contribution in [-0.4, -0.2) is 74.3 Å². The lowest BCUT2D eigenvalue weighted by atomic mass is 9.95. The zero-order chi connectivity index (χ0) is 27.9. The molecule has 2 aliphatic rings. The molecule has 5 heterocycles. The highest BCUT2D eigenvalue weighted by molar-refractivity contribution is 7.22. The van der Waals surface area contributed by atoms with Crippen LogP contribution in [-0.2, 0) is 19.4 Å². The van der Waals surface area contributed by atoms with Gasteiger partial charge in [-0.1, -0.05) is 0 Å². The molecule has 0 unspecified atom stereocenters. The van der Waals surface area contributed by atoms with E-state index >= 15 is 4.39 Å². The molecule has 1 aliphatic carbocycles. The maximum absolute atomic E-state index is 15.2. The highest BCUT2D eigenvalue weighted by Crippen LogP contribution is 2.45. The number of ether oxygens (including phenoxy) is 1. The zero-order valence-electron chi connectivity index (χ0n) is 23.1. The van der Waals surface area contributed by atoms with Crippen molar-refractivity contribution in [1.82, 2.24) is 34.5 Å². The van der Waals surface area contributed by atoms with Crippen LogP contribution in [0.1, 0.15) is 17.0 Å². The van der Waals surface area contributed by atoms with Crippen molar-refractivity contribution < 1.29 is 9.13 Å². The lowest BCUT2D eigenvalue weighted by molar-refractivity contribution is 0.148. The third-order valence-corrected chi connectivity index (χ3v) is 8.99. The number of aryl methyl sites for hydroxylation is 3. The first-order chi connectivity index (χ1) is 20.0. The first kappa shape index (κ1) is 26.0. The van der Waals surface area contributed by atoms with Crippen molar-refractivity contribution in [2.45, 2.75) is 26.3 Å². The third kappa shape index (κ3) is 5.28. The van der Waals surface area contributed by atoms with Crippen LogP contribution >= 0.6 is 11.3 Å². The van der Waals surface area contributed by atoms with Crippen molar-refractivity contribution in [3.8, 4) is 21.9 Å². The van der Waals surface area contributed by atoms with E-state index in [1.165, 1.54) is 28.4 Å². The smallest absolute Gasteiger partial charge is 0.150 e. The average Bonchev–Trinajstić information content (AvgIpc) is 3.56. The number of fused-ring (bicyclic) bond motifs is 5. The number of anilines is 2. The predicted molar refractivity (Wildman–Crippen MR) is 159 cm³/mol. The number of hydrogen-bond donors (Lipinski definition) is 1. The minimum atomic E-state index is -0.423. The number of nitrogens with one attached hydrogen (secondary N) is 1. The van der Waals surface area contributed by atoms with Gasteiger partial charge in [-0.05, 0) is 50.6 Å². The Labute approximate surface area is 241 Å². The number of rotatable bonds is 7. The van der Waals surface area contributed by atoms with E-state index in [-0.39, 0.29) is 0 Å². The topological polar surface area (TPSA) is 84.2 Å².